The zero-order chi connectivity index (χ0) is 21.5. The third-order valence-electron chi connectivity index (χ3n) is 6.75. The minimum atomic E-state index is 0.146. The van der Waals surface area contributed by atoms with E-state index in [2.05, 4.69) is 48.5 Å². The van der Waals surface area contributed by atoms with Crippen molar-refractivity contribution in [1.82, 2.24) is 24.8 Å². The largest absolute Gasteiger partial charge is 0.353 e. The summed E-state index contributed by atoms with van der Waals surface area (Å²) in [6, 6.07) is 5.12. The number of carbonyl (C=O) groups excluding carboxylic acids is 1. The molecule has 1 aliphatic carbocycles. The summed E-state index contributed by atoms with van der Waals surface area (Å²) in [6.45, 7) is 8.46. The molecule has 0 spiro atoms. The lowest BCUT2D eigenvalue weighted by Crippen LogP contribution is -2.25. The van der Waals surface area contributed by atoms with Crippen LogP contribution in [0.4, 0.5) is 0 Å². The maximum atomic E-state index is 12.2. The van der Waals surface area contributed by atoms with Crippen LogP contribution in [0, 0.1) is 20.8 Å². The van der Waals surface area contributed by atoms with Gasteiger partial charge >= 0.3 is 0 Å². The van der Waals surface area contributed by atoms with E-state index < -0.39 is 0 Å². The summed E-state index contributed by atoms with van der Waals surface area (Å²) in [7, 11) is 0. The SMILES string of the molecule is Cc1ccsc1CN1CCCC1c1cc2nc(C)c(CCC(=O)NC3CC3)c(C)n2n1. The number of hydrogen-bond donors (Lipinski definition) is 1. The first-order valence-electron chi connectivity index (χ1n) is 11.4. The number of hydrogen-bond acceptors (Lipinski definition) is 5. The fourth-order valence-corrected chi connectivity index (χ4v) is 5.67. The first kappa shape index (κ1) is 20.6. The molecule has 7 heteroatoms. The van der Waals surface area contributed by atoms with Crippen molar-refractivity contribution in [2.45, 2.75) is 77.9 Å². The van der Waals surface area contributed by atoms with Gasteiger partial charge in [-0.15, -0.1) is 11.3 Å². The molecular formula is C24H31N5OS. The molecule has 1 saturated carbocycles. The molecule has 1 atom stereocenters. The molecule has 3 aromatic heterocycles. The van der Waals surface area contributed by atoms with Gasteiger partial charge in [0.1, 0.15) is 0 Å². The second kappa shape index (κ2) is 8.36. The first-order valence-corrected chi connectivity index (χ1v) is 12.3. The molecule has 164 valence electrons. The Bertz CT molecular complexity index is 1110. The molecule has 0 bridgehead atoms. The quantitative estimate of drug-likeness (QED) is 0.600. The second-order valence-electron chi connectivity index (χ2n) is 9.10. The standard InChI is InChI=1S/C24H31N5OS/c1-15-10-12-31-22(15)14-28-11-4-5-21(28)20-13-23-25-16(2)19(17(3)29(23)27-20)8-9-24(30)26-18-6-7-18/h10,12-13,18,21H,4-9,11,14H2,1-3H3,(H,26,30). The van der Waals surface area contributed by atoms with E-state index in [9.17, 15) is 4.79 Å². The van der Waals surface area contributed by atoms with Gasteiger partial charge in [-0.3, -0.25) is 9.69 Å². The molecule has 0 aromatic carbocycles. The number of nitrogens with one attached hydrogen (secondary N) is 1. The lowest BCUT2D eigenvalue weighted by molar-refractivity contribution is -0.121. The number of carbonyl (C=O) groups is 1. The molecule has 1 unspecified atom stereocenters. The monoisotopic (exact) mass is 437 g/mol. The number of likely N-dealkylation sites (tertiary alicyclic amines) is 1. The highest BCUT2D eigenvalue weighted by molar-refractivity contribution is 7.10. The summed E-state index contributed by atoms with van der Waals surface area (Å²) in [5.41, 5.74) is 6.67. The Morgan fingerprint density at radius 3 is 2.84 bits per heavy atom. The highest BCUT2D eigenvalue weighted by Crippen LogP contribution is 2.34. The molecule has 31 heavy (non-hydrogen) atoms. The Morgan fingerprint density at radius 2 is 2.10 bits per heavy atom. The number of thiophene rings is 1. The third kappa shape index (κ3) is 4.26. The summed E-state index contributed by atoms with van der Waals surface area (Å²) in [5.74, 6) is 0.146. The topological polar surface area (TPSA) is 62.5 Å². The number of amides is 1. The number of fused-ring (bicyclic) bond motifs is 1. The number of rotatable bonds is 7. The van der Waals surface area contributed by atoms with Crippen LogP contribution in [0.15, 0.2) is 17.5 Å². The van der Waals surface area contributed by atoms with Gasteiger partial charge in [-0.05, 0) is 82.0 Å². The fourth-order valence-electron chi connectivity index (χ4n) is 4.74. The summed E-state index contributed by atoms with van der Waals surface area (Å²) in [5, 5.41) is 10.3. The molecule has 4 heterocycles. The van der Waals surface area contributed by atoms with Gasteiger partial charge in [0.05, 0.1) is 11.7 Å². The number of nitrogens with zero attached hydrogens (tertiary/aromatic N) is 4. The predicted molar refractivity (Wildman–Crippen MR) is 123 cm³/mol. The van der Waals surface area contributed by atoms with E-state index in [0.29, 0.717) is 24.9 Å². The van der Waals surface area contributed by atoms with Gasteiger partial charge in [-0.2, -0.15) is 5.10 Å². The van der Waals surface area contributed by atoms with Crippen molar-refractivity contribution >= 4 is 22.9 Å². The maximum absolute atomic E-state index is 12.2. The van der Waals surface area contributed by atoms with Crippen LogP contribution in [-0.2, 0) is 17.8 Å². The van der Waals surface area contributed by atoms with Crippen molar-refractivity contribution in [2.75, 3.05) is 6.54 Å². The van der Waals surface area contributed by atoms with E-state index in [1.807, 2.05) is 15.9 Å². The van der Waals surface area contributed by atoms with Crippen LogP contribution in [0.3, 0.4) is 0 Å². The Hall–Kier alpha value is -2.25. The molecule has 1 saturated heterocycles. The van der Waals surface area contributed by atoms with E-state index in [0.717, 1.165) is 60.6 Å². The van der Waals surface area contributed by atoms with Crippen LogP contribution in [-0.4, -0.2) is 38.0 Å². The van der Waals surface area contributed by atoms with Crippen molar-refractivity contribution in [3.05, 3.63) is 50.6 Å². The molecule has 1 aliphatic heterocycles. The molecule has 1 N–H and O–H groups in total. The van der Waals surface area contributed by atoms with Crippen LogP contribution < -0.4 is 5.32 Å². The Labute approximate surface area is 187 Å². The van der Waals surface area contributed by atoms with Gasteiger partial charge in [-0.1, -0.05) is 0 Å². The van der Waals surface area contributed by atoms with Crippen molar-refractivity contribution in [3.8, 4) is 0 Å². The Kier molecular flexibility index (Phi) is 5.56. The lowest BCUT2D eigenvalue weighted by atomic mass is 10.1. The van der Waals surface area contributed by atoms with E-state index >= 15 is 0 Å². The zero-order valence-corrected chi connectivity index (χ0v) is 19.5. The van der Waals surface area contributed by atoms with E-state index in [1.54, 1.807) is 0 Å². The molecule has 0 radical (unpaired) electrons. The van der Waals surface area contributed by atoms with Crippen molar-refractivity contribution in [2.24, 2.45) is 0 Å². The smallest absolute Gasteiger partial charge is 0.220 e. The Morgan fingerprint density at radius 1 is 1.26 bits per heavy atom. The predicted octanol–water partition coefficient (Wildman–Crippen LogP) is 4.26. The number of aryl methyl sites for hydroxylation is 3. The normalized spacial score (nSPS) is 19.4. The van der Waals surface area contributed by atoms with Crippen molar-refractivity contribution in [3.63, 3.8) is 0 Å². The molecule has 2 fully saturated rings. The average Bonchev–Trinajstić information content (AvgIpc) is 3.11. The van der Waals surface area contributed by atoms with Crippen LogP contribution in [0.5, 0.6) is 0 Å². The first-order chi connectivity index (χ1) is 15.0. The molecule has 2 aliphatic rings. The van der Waals surface area contributed by atoms with E-state index in [1.165, 1.54) is 16.9 Å². The van der Waals surface area contributed by atoms with Crippen LogP contribution >= 0.6 is 11.3 Å². The Balaban J connectivity index is 1.37. The van der Waals surface area contributed by atoms with Gasteiger partial charge < -0.3 is 5.32 Å². The summed E-state index contributed by atoms with van der Waals surface area (Å²) >= 11 is 1.85. The van der Waals surface area contributed by atoms with Gasteiger partial charge in [0.25, 0.3) is 0 Å². The minimum Gasteiger partial charge on any atom is -0.353 e. The molecular weight excluding hydrogens is 406 g/mol. The minimum absolute atomic E-state index is 0.146. The molecule has 3 aromatic rings. The molecule has 6 nitrogen and oxygen atoms in total. The van der Waals surface area contributed by atoms with E-state index in [4.69, 9.17) is 10.1 Å². The van der Waals surface area contributed by atoms with Crippen molar-refractivity contribution < 1.29 is 4.79 Å². The third-order valence-corrected chi connectivity index (χ3v) is 7.76. The van der Waals surface area contributed by atoms with Crippen molar-refractivity contribution in [1.29, 1.82) is 0 Å². The fraction of sp³-hybridized carbons (Fsp3) is 0.542. The van der Waals surface area contributed by atoms with Crippen LogP contribution in [0.2, 0.25) is 0 Å². The zero-order valence-electron chi connectivity index (χ0n) is 18.6. The maximum Gasteiger partial charge on any atom is 0.220 e. The summed E-state index contributed by atoms with van der Waals surface area (Å²) in [4.78, 5) is 21.0. The molecule has 1 amide bonds. The molecule has 5 rings (SSSR count). The highest BCUT2D eigenvalue weighted by Gasteiger charge is 2.29. The summed E-state index contributed by atoms with van der Waals surface area (Å²) in [6.07, 6.45) is 5.81. The van der Waals surface area contributed by atoms with Crippen LogP contribution in [0.1, 0.15) is 71.2 Å². The highest BCUT2D eigenvalue weighted by atomic mass is 32.1. The van der Waals surface area contributed by atoms with Crippen LogP contribution in [0.25, 0.3) is 5.65 Å². The second-order valence-corrected chi connectivity index (χ2v) is 10.1. The van der Waals surface area contributed by atoms with Gasteiger partial charge in [0.15, 0.2) is 5.65 Å². The number of aromatic nitrogens is 3. The van der Waals surface area contributed by atoms with Gasteiger partial charge in [0, 0.05) is 41.3 Å². The average molecular weight is 438 g/mol. The van der Waals surface area contributed by atoms with E-state index in [-0.39, 0.29) is 5.91 Å². The summed E-state index contributed by atoms with van der Waals surface area (Å²) < 4.78 is 1.99. The van der Waals surface area contributed by atoms with Gasteiger partial charge in [0.2, 0.25) is 5.91 Å². The lowest BCUT2D eigenvalue weighted by Gasteiger charge is -2.22. The van der Waals surface area contributed by atoms with Gasteiger partial charge in [-0.25, -0.2) is 9.50 Å².